The van der Waals surface area contributed by atoms with Gasteiger partial charge in [0.1, 0.15) is 11.9 Å². The van der Waals surface area contributed by atoms with Gasteiger partial charge < -0.3 is 14.4 Å². The molecule has 0 radical (unpaired) electrons. The van der Waals surface area contributed by atoms with Crippen LogP contribution in [0.1, 0.15) is 12.7 Å². The Morgan fingerprint density at radius 3 is 2.80 bits per heavy atom. The van der Waals surface area contributed by atoms with Crippen LogP contribution in [0, 0.1) is 0 Å². The van der Waals surface area contributed by atoms with Gasteiger partial charge in [-0.15, -0.1) is 0 Å². The van der Waals surface area contributed by atoms with E-state index in [0.29, 0.717) is 6.54 Å². The number of aliphatic hydroxyl groups excluding tert-OH is 1. The molecule has 0 spiro atoms. The molecule has 1 aromatic heterocycles. The number of carbonyl (C=O) groups excluding carboxylic acids is 1. The average molecular weight is 277 g/mol. The quantitative estimate of drug-likeness (QED) is 0.782. The Hall–Kier alpha value is -1.92. The number of para-hydroxylation sites is 2. The van der Waals surface area contributed by atoms with E-state index in [9.17, 15) is 9.90 Å². The number of aliphatic hydroxyl groups is 1. The van der Waals surface area contributed by atoms with Gasteiger partial charge >= 0.3 is 5.97 Å². The summed E-state index contributed by atoms with van der Waals surface area (Å²) in [6.45, 7) is 1.92. The first kappa shape index (κ1) is 14.5. The lowest BCUT2D eigenvalue weighted by atomic mass is 10.2. The zero-order chi connectivity index (χ0) is 14.7. The fraction of sp³-hybridized carbons (Fsp3) is 0.429. The van der Waals surface area contributed by atoms with E-state index in [-0.39, 0.29) is 0 Å². The van der Waals surface area contributed by atoms with E-state index in [2.05, 4.69) is 15.0 Å². The summed E-state index contributed by atoms with van der Waals surface area (Å²) in [5, 5.41) is 12.6. The van der Waals surface area contributed by atoms with Crippen molar-refractivity contribution in [3.8, 4) is 0 Å². The minimum absolute atomic E-state index is 0.371. The molecule has 0 fully saturated rings. The van der Waals surface area contributed by atoms with E-state index in [1.54, 1.807) is 6.92 Å². The smallest absolute Gasteiger partial charge is 0.325 e. The molecule has 0 aliphatic carbocycles. The molecule has 2 atom stereocenters. The summed E-state index contributed by atoms with van der Waals surface area (Å²) in [5.41, 5.74) is 1.93. The number of esters is 1. The molecule has 2 N–H and O–H groups in total. The predicted octanol–water partition coefficient (Wildman–Crippen LogP) is 0.585. The van der Waals surface area contributed by atoms with E-state index >= 15 is 0 Å². The van der Waals surface area contributed by atoms with Crippen LogP contribution in [0.2, 0.25) is 0 Å². The van der Waals surface area contributed by atoms with E-state index < -0.39 is 18.1 Å². The highest BCUT2D eigenvalue weighted by atomic mass is 16.5. The number of rotatable bonds is 5. The van der Waals surface area contributed by atoms with E-state index in [0.717, 1.165) is 16.9 Å². The normalized spacial score (nSPS) is 14.2. The summed E-state index contributed by atoms with van der Waals surface area (Å²) in [6, 6.07) is 7.04. The number of aryl methyl sites for hydroxylation is 1. The predicted molar refractivity (Wildman–Crippen MR) is 75.0 cm³/mol. The van der Waals surface area contributed by atoms with Gasteiger partial charge in [0.05, 0.1) is 30.8 Å². The number of hydrogen-bond acceptors (Lipinski definition) is 5. The second-order valence-electron chi connectivity index (χ2n) is 4.70. The van der Waals surface area contributed by atoms with Gasteiger partial charge in [-0.2, -0.15) is 0 Å². The van der Waals surface area contributed by atoms with E-state index in [4.69, 9.17) is 0 Å². The third-order valence-corrected chi connectivity index (χ3v) is 3.30. The molecular weight excluding hydrogens is 258 g/mol. The molecule has 1 heterocycles. The van der Waals surface area contributed by atoms with Gasteiger partial charge in [0, 0.05) is 7.05 Å². The molecule has 0 aliphatic heterocycles. The van der Waals surface area contributed by atoms with Gasteiger partial charge in [-0.3, -0.25) is 10.1 Å². The third kappa shape index (κ3) is 2.81. The first-order chi connectivity index (χ1) is 9.54. The van der Waals surface area contributed by atoms with Crippen molar-refractivity contribution < 1.29 is 14.6 Å². The topological polar surface area (TPSA) is 76.4 Å². The number of hydrogen-bond donors (Lipinski definition) is 2. The van der Waals surface area contributed by atoms with Crippen LogP contribution in [0.5, 0.6) is 0 Å². The maximum atomic E-state index is 11.6. The summed E-state index contributed by atoms with van der Waals surface area (Å²) in [7, 11) is 3.22. The minimum atomic E-state index is -0.836. The van der Waals surface area contributed by atoms with Gasteiger partial charge in [0.2, 0.25) is 0 Å². The maximum absolute atomic E-state index is 11.6. The lowest BCUT2D eigenvalue weighted by Gasteiger charge is -2.18. The molecule has 20 heavy (non-hydrogen) atoms. The van der Waals surface area contributed by atoms with E-state index in [1.807, 2.05) is 35.9 Å². The third-order valence-electron chi connectivity index (χ3n) is 3.30. The average Bonchev–Trinajstić information content (AvgIpc) is 2.75. The second-order valence-corrected chi connectivity index (χ2v) is 4.70. The van der Waals surface area contributed by atoms with Crippen LogP contribution in [0.25, 0.3) is 11.0 Å². The van der Waals surface area contributed by atoms with Gasteiger partial charge in [0.15, 0.2) is 0 Å². The van der Waals surface area contributed by atoms with Crippen LogP contribution in [0.3, 0.4) is 0 Å². The van der Waals surface area contributed by atoms with Crippen molar-refractivity contribution in [1.82, 2.24) is 14.9 Å². The first-order valence-corrected chi connectivity index (χ1v) is 6.44. The monoisotopic (exact) mass is 277 g/mol. The number of nitrogens with one attached hydrogen (secondary N) is 1. The summed E-state index contributed by atoms with van der Waals surface area (Å²) in [5.74, 6) is 0.305. The summed E-state index contributed by atoms with van der Waals surface area (Å²) in [4.78, 5) is 16.1. The Balaban J connectivity index is 2.16. The van der Waals surface area contributed by atoms with Crippen LogP contribution in [-0.2, 0) is 23.1 Å². The molecule has 0 unspecified atom stereocenters. The highest BCUT2D eigenvalue weighted by Gasteiger charge is 2.24. The molecule has 0 saturated heterocycles. The number of ether oxygens (including phenoxy) is 1. The molecule has 108 valence electrons. The van der Waals surface area contributed by atoms with E-state index in [1.165, 1.54) is 7.11 Å². The Kier molecular flexibility index (Phi) is 4.36. The van der Waals surface area contributed by atoms with Crippen molar-refractivity contribution in [2.24, 2.45) is 7.05 Å². The van der Waals surface area contributed by atoms with Crippen LogP contribution in [-0.4, -0.2) is 39.9 Å². The van der Waals surface area contributed by atoms with Gasteiger partial charge in [0.25, 0.3) is 0 Å². The van der Waals surface area contributed by atoms with Crippen molar-refractivity contribution in [2.45, 2.75) is 25.6 Å². The first-order valence-electron chi connectivity index (χ1n) is 6.44. The largest absolute Gasteiger partial charge is 0.468 e. The van der Waals surface area contributed by atoms with Crippen molar-refractivity contribution in [1.29, 1.82) is 0 Å². The summed E-state index contributed by atoms with van der Waals surface area (Å²) >= 11 is 0. The number of methoxy groups -OCH3 is 1. The van der Waals surface area contributed by atoms with Crippen LogP contribution in [0.4, 0.5) is 0 Å². The molecule has 0 bridgehead atoms. The Morgan fingerprint density at radius 1 is 1.50 bits per heavy atom. The number of imidazole rings is 1. The number of aromatic nitrogens is 2. The molecule has 6 nitrogen and oxygen atoms in total. The van der Waals surface area contributed by atoms with Gasteiger partial charge in [-0.1, -0.05) is 12.1 Å². The molecule has 2 aromatic rings. The van der Waals surface area contributed by atoms with Crippen molar-refractivity contribution in [2.75, 3.05) is 7.11 Å². The molecule has 0 amide bonds. The fourth-order valence-electron chi connectivity index (χ4n) is 2.13. The zero-order valence-corrected chi connectivity index (χ0v) is 11.8. The molecule has 0 saturated carbocycles. The summed E-state index contributed by atoms with van der Waals surface area (Å²) in [6.07, 6.45) is -0.836. The van der Waals surface area contributed by atoms with Crippen molar-refractivity contribution in [3.05, 3.63) is 30.1 Å². The number of benzene rings is 1. The lowest BCUT2D eigenvalue weighted by Crippen LogP contribution is -2.45. The maximum Gasteiger partial charge on any atom is 0.325 e. The molecule has 2 rings (SSSR count). The highest BCUT2D eigenvalue weighted by Crippen LogP contribution is 2.14. The second kappa shape index (κ2) is 6.02. The molecule has 1 aromatic carbocycles. The number of fused-ring (bicyclic) bond motifs is 1. The summed E-state index contributed by atoms with van der Waals surface area (Å²) < 4.78 is 6.62. The molecule has 6 heteroatoms. The van der Waals surface area contributed by atoms with Gasteiger partial charge in [-0.25, -0.2) is 4.98 Å². The van der Waals surface area contributed by atoms with Crippen LogP contribution in [0.15, 0.2) is 24.3 Å². The Bertz CT molecular complexity index is 607. The van der Waals surface area contributed by atoms with Crippen LogP contribution >= 0.6 is 0 Å². The number of nitrogens with zero attached hydrogens (tertiary/aromatic N) is 2. The molecule has 0 aliphatic rings. The van der Waals surface area contributed by atoms with Crippen LogP contribution < -0.4 is 5.32 Å². The lowest BCUT2D eigenvalue weighted by molar-refractivity contribution is -0.145. The molecular formula is C14H19N3O3. The Labute approximate surface area is 117 Å². The number of carbonyl (C=O) groups is 1. The minimum Gasteiger partial charge on any atom is -0.468 e. The highest BCUT2D eigenvalue weighted by molar-refractivity contribution is 5.77. The van der Waals surface area contributed by atoms with Crippen molar-refractivity contribution >= 4 is 17.0 Å². The van der Waals surface area contributed by atoms with Crippen molar-refractivity contribution in [3.63, 3.8) is 0 Å². The zero-order valence-electron chi connectivity index (χ0n) is 11.8. The SMILES string of the molecule is COC(=O)[C@@H](NCc1nc2ccccc2n1C)[C@@H](C)O. The standard InChI is InChI=1S/C14H19N3O3/c1-9(18)13(14(19)20-3)15-8-12-16-10-6-4-5-7-11(10)17(12)2/h4-7,9,13,15,18H,8H2,1-3H3/t9-,13+/m1/s1. The Morgan fingerprint density at radius 2 is 2.20 bits per heavy atom. The fourth-order valence-corrected chi connectivity index (χ4v) is 2.13. The van der Waals surface area contributed by atoms with Gasteiger partial charge in [-0.05, 0) is 19.1 Å².